The van der Waals surface area contributed by atoms with E-state index in [4.69, 9.17) is 5.10 Å². The minimum Gasteiger partial charge on any atom is -0.327 e. The van der Waals surface area contributed by atoms with Crippen molar-refractivity contribution in [2.24, 2.45) is 5.92 Å². The number of nitrogens with zero attached hydrogens (tertiary/aromatic N) is 5. The Kier molecular flexibility index (Phi) is 4.64. The summed E-state index contributed by atoms with van der Waals surface area (Å²) in [5.41, 5.74) is 4.10. The molecule has 0 N–H and O–H groups in total. The van der Waals surface area contributed by atoms with Crippen LogP contribution in [0.5, 0.6) is 0 Å². The molecule has 3 aromatic rings. The Morgan fingerprint density at radius 2 is 2.14 bits per heavy atom. The molecule has 9 heteroatoms. The monoisotopic (exact) mass is 431 g/mol. The van der Waals surface area contributed by atoms with Crippen LogP contribution in [-0.2, 0) is 36.1 Å². The second kappa shape index (κ2) is 7.07. The summed E-state index contributed by atoms with van der Waals surface area (Å²) < 4.78 is 32.5. The van der Waals surface area contributed by atoms with E-state index in [1.807, 2.05) is 10.9 Å². The molecule has 1 aliphatic heterocycles. The van der Waals surface area contributed by atoms with Crippen LogP contribution in [0.25, 0.3) is 11.5 Å². The molecular formula is C20H25N5O2S2. The zero-order chi connectivity index (χ0) is 20.2. The first kappa shape index (κ1) is 19.0. The maximum atomic E-state index is 13.1. The fourth-order valence-corrected chi connectivity index (χ4v) is 6.64. The summed E-state index contributed by atoms with van der Waals surface area (Å²) >= 11 is 1.27. The standard InChI is InChI=1S/C20H25N5O2S2/c1-3-25-17-8-9-23(29(26,27)18-5-4-10-28-18)13-16(17)19(22-25)20-21-11-14(2)24(20)12-15-6-7-15/h4-5,10-11,15H,3,6-9,12-13H2,1-2H3. The van der Waals surface area contributed by atoms with E-state index in [0.717, 1.165) is 47.5 Å². The van der Waals surface area contributed by atoms with Crippen LogP contribution in [0.1, 0.15) is 36.7 Å². The van der Waals surface area contributed by atoms with E-state index in [-0.39, 0.29) is 0 Å². The van der Waals surface area contributed by atoms with Gasteiger partial charge < -0.3 is 4.57 Å². The van der Waals surface area contributed by atoms with Gasteiger partial charge in [0.15, 0.2) is 5.82 Å². The molecule has 154 valence electrons. The highest BCUT2D eigenvalue weighted by Gasteiger charge is 2.34. The SMILES string of the molecule is CCn1nc(-c2ncc(C)n2CC2CC2)c2c1CCN(S(=O)(=O)c1cccs1)C2. The highest BCUT2D eigenvalue weighted by atomic mass is 32.2. The third-order valence-electron chi connectivity index (χ3n) is 5.89. The van der Waals surface area contributed by atoms with Gasteiger partial charge in [-0.1, -0.05) is 6.07 Å². The van der Waals surface area contributed by atoms with Gasteiger partial charge in [-0.2, -0.15) is 9.40 Å². The van der Waals surface area contributed by atoms with Crippen molar-refractivity contribution in [1.82, 2.24) is 23.6 Å². The van der Waals surface area contributed by atoms with E-state index in [2.05, 4.69) is 23.4 Å². The van der Waals surface area contributed by atoms with Gasteiger partial charge in [-0.3, -0.25) is 4.68 Å². The van der Waals surface area contributed by atoms with Crippen LogP contribution in [-0.4, -0.2) is 38.6 Å². The van der Waals surface area contributed by atoms with Gasteiger partial charge >= 0.3 is 0 Å². The van der Waals surface area contributed by atoms with Crippen molar-refractivity contribution in [3.63, 3.8) is 0 Å². The lowest BCUT2D eigenvalue weighted by Crippen LogP contribution is -2.36. The molecule has 3 aromatic heterocycles. The molecule has 0 amide bonds. The Morgan fingerprint density at radius 3 is 2.83 bits per heavy atom. The average molecular weight is 432 g/mol. The van der Waals surface area contributed by atoms with Crippen molar-refractivity contribution < 1.29 is 8.42 Å². The molecule has 5 rings (SSSR count). The summed E-state index contributed by atoms with van der Waals surface area (Å²) in [4.78, 5) is 4.68. The summed E-state index contributed by atoms with van der Waals surface area (Å²) in [6.07, 6.45) is 5.11. The first-order chi connectivity index (χ1) is 14.0. The highest BCUT2D eigenvalue weighted by Crippen LogP contribution is 2.36. The number of fused-ring (bicyclic) bond motifs is 1. The predicted molar refractivity (Wildman–Crippen MR) is 112 cm³/mol. The molecule has 0 spiro atoms. The van der Waals surface area contributed by atoms with Crippen molar-refractivity contribution in [1.29, 1.82) is 0 Å². The van der Waals surface area contributed by atoms with Crippen molar-refractivity contribution in [3.05, 3.63) is 40.7 Å². The van der Waals surface area contributed by atoms with E-state index in [9.17, 15) is 8.42 Å². The van der Waals surface area contributed by atoms with E-state index in [0.29, 0.717) is 23.7 Å². The molecule has 1 saturated carbocycles. The molecule has 0 aromatic carbocycles. The summed E-state index contributed by atoms with van der Waals surface area (Å²) in [5, 5.41) is 6.68. The first-order valence-corrected chi connectivity index (χ1v) is 12.5. The minimum absolute atomic E-state index is 0.347. The maximum Gasteiger partial charge on any atom is 0.252 e. The third-order valence-corrected chi connectivity index (χ3v) is 9.11. The molecule has 0 saturated heterocycles. The molecule has 1 fully saturated rings. The molecule has 0 bridgehead atoms. The predicted octanol–water partition coefficient (Wildman–Crippen LogP) is 3.29. The van der Waals surface area contributed by atoms with Crippen LogP contribution >= 0.6 is 11.3 Å². The van der Waals surface area contributed by atoms with Crippen LogP contribution < -0.4 is 0 Å². The van der Waals surface area contributed by atoms with Gasteiger partial charge in [-0.05, 0) is 44.1 Å². The molecule has 1 aliphatic carbocycles. The lowest BCUT2D eigenvalue weighted by atomic mass is 10.1. The van der Waals surface area contributed by atoms with E-state index in [1.165, 1.54) is 24.2 Å². The van der Waals surface area contributed by atoms with Crippen molar-refractivity contribution in [3.8, 4) is 11.5 Å². The smallest absolute Gasteiger partial charge is 0.252 e. The summed E-state index contributed by atoms with van der Waals surface area (Å²) in [7, 11) is -3.48. The normalized spacial score (nSPS) is 17.6. The van der Waals surface area contributed by atoms with Crippen LogP contribution in [0, 0.1) is 12.8 Å². The first-order valence-electron chi connectivity index (χ1n) is 10.1. The quantitative estimate of drug-likeness (QED) is 0.600. The van der Waals surface area contributed by atoms with Gasteiger partial charge in [0.1, 0.15) is 9.90 Å². The highest BCUT2D eigenvalue weighted by molar-refractivity contribution is 7.91. The number of hydrogen-bond donors (Lipinski definition) is 0. The molecule has 0 radical (unpaired) electrons. The minimum atomic E-state index is -3.48. The summed E-state index contributed by atoms with van der Waals surface area (Å²) in [5.74, 6) is 1.59. The van der Waals surface area contributed by atoms with Gasteiger partial charge in [0, 0.05) is 55.7 Å². The van der Waals surface area contributed by atoms with E-state index < -0.39 is 10.0 Å². The van der Waals surface area contributed by atoms with Gasteiger partial charge in [0.05, 0.1) is 0 Å². The van der Waals surface area contributed by atoms with Gasteiger partial charge in [-0.25, -0.2) is 13.4 Å². The van der Waals surface area contributed by atoms with Crippen LogP contribution in [0.4, 0.5) is 0 Å². The molecule has 0 atom stereocenters. The van der Waals surface area contributed by atoms with Gasteiger partial charge in [0.25, 0.3) is 10.0 Å². The average Bonchev–Trinajstić information content (AvgIpc) is 3.09. The van der Waals surface area contributed by atoms with Crippen molar-refractivity contribution in [2.75, 3.05) is 6.54 Å². The fourth-order valence-electron chi connectivity index (χ4n) is 4.09. The number of aryl methyl sites for hydroxylation is 2. The molecule has 0 unspecified atom stereocenters. The molecule has 2 aliphatic rings. The van der Waals surface area contributed by atoms with Crippen LogP contribution in [0.2, 0.25) is 0 Å². The van der Waals surface area contributed by atoms with Gasteiger partial charge in [0.2, 0.25) is 0 Å². The number of thiophene rings is 1. The van der Waals surface area contributed by atoms with E-state index in [1.54, 1.807) is 21.8 Å². The number of imidazole rings is 1. The number of sulfonamides is 1. The molecule has 4 heterocycles. The molecular weight excluding hydrogens is 406 g/mol. The number of hydrogen-bond acceptors (Lipinski definition) is 5. The largest absolute Gasteiger partial charge is 0.327 e. The second-order valence-corrected chi connectivity index (χ2v) is 11.0. The Hall–Kier alpha value is -1.97. The van der Waals surface area contributed by atoms with Crippen LogP contribution in [0.3, 0.4) is 0 Å². The summed E-state index contributed by atoms with van der Waals surface area (Å²) in [6.45, 7) is 6.71. The van der Waals surface area contributed by atoms with Crippen LogP contribution in [0.15, 0.2) is 27.9 Å². The summed E-state index contributed by atoms with van der Waals surface area (Å²) in [6, 6.07) is 3.46. The lowest BCUT2D eigenvalue weighted by molar-refractivity contribution is 0.385. The Bertz CT molecular complexity index is 1140. The lowest BCUT2D eigenvalue weighted by Gasteiger charge is -2.26. The Labute approximate surface area is 175 Å². The Morgan fingerprint density at radius 1 is 1.31 bits per heavy atom. The van der Waals surface area contributed by atoms with Crippen molar-refractivity contribution >= 4 is 21.4 Å². The number of aromatic nitrogens is 4. The maximum absolute atomic E-state index is 13.1. The fraction of sp³-hybridized carbons (Fsp3) is 0.500. The second-order valence-electron chi connectivity index (χ2n) is 7.89. The molecule has 29 heavy (non-hydrogen) atoms. The molecule has 7 nitrogen and oxygen atoms in total. The van der Waals surface area contributed by atoms with E-state index >= 15 is 0 Å². The number of rotatable bonds is 6. The third kappa shape index (κ3) is 3.25. The van der Waals surface area contributed by atoms with Crippen molar-refractivity contribution in [2.45, 2.75) is 57.0 Å². The topological polar surface area (TPSA) is 73.0 Å². The van der Waals surface area contributed by atoms with Gasteiger partial charge in [-0.15, -0.1) is 11.3 Å². The zero-order valence-corrected chi connectivity index (χ0v) is 18.3. The Balaban J connectivity index is 1.56. The zero-order valence-electron chi connectivity index (χ0n) is 16.7.